The van der Waals surface area contributed by atoms with Crippen LogP contribution in [0.2, 0.25) is 0 Å². The van der Waals surface area contributed by atoms with Crippen molar-refractivity contribution >= 4 is 23.2 Å². The summed E-state index contributed by atoms with van der Waals surface area (Å²) in [4.78, 5) is 4.03. The van der Waals surface area contributed by atoms with Gasteiger partial charge in [0.1, 0.15) is 13.1 Å². The Labute approximate surface area is 105 Å². The Hall–Kier alpha value is -1.37. The van der Waals surface area contributed by atoms with Crippen molar-refractivity contribution in [3.05, 3.63) is 30.1 Å². The maximum absolute atomic E-state index is 5.42. The number of nitrogens with one attached hydrogen (secondary N) is 1. The first-order valence-electron chi connectivity index (χ1n) is 5.57. The molecule has 1 aromatic rings. The largest absolute Gasteiger partial charge is 0.370 e. The first kappa shape index (κ1) is 10.8. The topological polar surface area (TPSA) is 46.5 Å². The highest BCUT2D eigenvalue weighted by molar-refractivity contribution is 7.80. The molecular formula is C11H13N4OS+. The van der Waals surface area contributed by atoms with Crippen LogP contribution in [0.4, 0.5) is 0 Å². The number of hydrogen-bond acceptors (Lipinski definition) is 4. The van der Waals surface area contributed by atoms with Gasteiger partial charge in [0.25, 0.3) is 10.9 Å². The number of nitrogens with zero attached hydrogens (tertiary/aromatic N) is 3. The van der Waals surface area contributed by atoms with Gasteiger partial charge in [-0.15, -0.1) is 5.10 Å². The molecule has 6 heteroatoms. The molecule has 0 unspecified atom stereocenters. The summed E-state index contributed by atoms with van der Waals surface area (Å²) in [5.41, 5.74) is 4.01. The summed E-state index contributed by atoms with van der Waals surface area (Å²) in [6.45, 7) is 3.11. The number of ether oxygens (including phenoxy) is 1. The van der Waals surface area contributed by atoms with Crippen LogP contribution in [0.5, 0.6) is 0 Å². The maximum Gasteiger partial charge on any atom is 0.297 e. The molecule has 1 N–H and O–H groups in total. The molecule has 0 radical (unpaired) electrons. The summed E-state index contributed by atoms with van der Waals surface area (Å²) in [6, 6.07) is 3.92. The van der Waals surface area contributed by atoms with Gasteiger partial charge in [0.15, 0.2) is 0 Å². The van der Waals surface area contributed by atoms with E-state index in [1.807, 2.05) is 12.1 Å². The van der Waals surface area contributed by atoms with Crippen LogP contribution in [0.1, 0.15) is 5.56 Å². The van der Waals surface area contributed by atoms with Crippen LogP contribution in [0, 0.1) is 0 Å². The molecule has 2 aliphatic heterocycles. The minimum absolute atomic E-state index is 0.610. The summed E-state index contributed by atoms with van der Waals surface area (Å²) in [5, 5.41) is 5.14. The normalized spacial score (nSPS) is 22.4. The van der Waals surface area contributed by atoms with E-state index in [0.29, 0.717) is 17.7 Å². The molecule has 3 heterocycles. The van der Waals surface area contributed by atoms with Gasteiger partial charge in [0, 0.05) is 24.6 Å². The average Bonchev–Trinajstić information content (AvgIpc) is 2.69. The third-order valence-corrected chi connectivity index (χ3v) is 3.67. The monoisotopic (exact) mass is 249 g/mol. The van der Waals surface area contributed by atoms with Crippen molar-refractivity contribution in [2.24, 2.45) is 5.10 Å². The van der Waals surface area contributed by atoms with Crippen molar-refractivity contribution in [3.8, 4) is 0 Å². The van der Waals surface area contributed by atoms with E-state index < -0.39 is 0 Å². The number of amidine groups is 1. The van der Waals surface area contributed by atoms with E-state index in [4.69, 9.17) is 17.0 Å². The van der Waals surface area contributed by atoms with Crippen molar-refractivity contribution in [2.75, 3.05) is 26.3 Å². The number of quaternary nitrogens is 1. The first-order chi connectivity index (χ1) is 8.33. The molecule has 1 spiro atoms. The average molecular weight is 249 g/mol. The lowest BCUT2D eigenvalue weighted by atomic mass is 10.2. The molecule has 3 rings (SSSR count). The molecule has 0 bridgehead atoms. The predicted molar refractivity (Wildman–Crippen MR) is 67.3 cm³/mol. The fourth-order valence-corrected chi connectivity index (χ4v) is 2.59. The molecule has 0 amide bonds. The minimum Gasteiger partial charge on any atom is -0.370 e. The molecule has 0 atom stereocenters. The van der Waals surface area contributed by atoms with Gasteiger partial charge in [0.05, 0.1) is 18.8 Å². The second-order valence-corrected chi connectivity index (χ2v) is 4.50. The van der Waals surface area contributed by atoms with Crippen LogP contribution in [0.25, 0.3) is 0 Å². The van der Waals surface area contributed by atoms with Gasteiger partial charge in [-0.1, -0.05) is 0 Å². The molecule has 88 valence electrons. The van der Waals surface area contributed by atoms with Gasteiger partial charge in [-0.25, -0.2) is 9.91 Å². The Morgan fingerprint density at radius 3 is 2.65 bits per heavy atom. The molecule has 1 aromatic heterocycles. The van der Waals surface area contributed by atoms with Crippen molar-refractivity contribution in [2.45, 2.75) is 0 Å². The van der Waals surface area contributed by atoms with E-state index in [0.717, 1.165) is 29.6 Å². The number of rotatable bonds is 1. The third-order valence-electron chi connectivity index (χ3n) is 3.22. The number of hydrogen-bond donors (Lipinski definition) is 1. The smallest absolute Gasteiger partial charge is 0.297 e. The van der Waals surface area contributed by atoms with Crippen LogP contribution in [-0.4, -0.2) is 46.7 Å². The quantitative estimate of drug-likeness (QED) is 0.581. The summed E-state index contributed by atoms with van der Waals surface area (Å²) in [6.07, 6.45) is 3.55. The first-order valence-corrected chi connectivity index (χ1v) is 5.98. The van der Waals surface area contributed by atoms with E-state index in [-0.39, 0.29) is 0 Å². The van der Waals surface area contributed by atoms with E-state index >= 15 is 0 Å². The Balaban J connectivity index is 2.01. The number of morpholine rings is 1. The summed E-state index contributed by atoms with van der Waals surface area (Å²) in [5.74, 6) is 0.973. The summed E-state index contributed by atoms with van der Waals surface area (Å²) in [7, 11) is 0. The fourth-order valence-electron chi connectivity index (χ4n) is 2.27. The number of thiocarbonyl (C=S) groups is 1. The van der Waals surface area contributed by atoms with Gasteiger partial charge in [0.2, 0.25) is 0 Å². The molecule has 5 nitrogen and oxygen atoms in total. The van der Waals surface area contributed by atoms with Gasteiger partial charge in [-0.3, -0.25) is 4.98 Å². The highest BCUT2D eigenvalue weighted by Gasteiger charge is 2.46. The molecule has 1 saturated heterocycles. The summed E-state index contributed by atoms with van der Waals surface area (Å²) < 4.78 is 6.03. The SMILES string of the molecule is S=C1NN=C(c2ccncc2)[N+]12CCOCC2. The van der Waals surface area contributed by atoms with Crippen molar-refractivity contribution < 1.29 is 9.22 Å². The van der Waals surface area contributed by atoms with E-state index in [1.165, 1.54) is 0 Å². The van der Waals surface area contributed by atoms with Crippen LogP contribution >= 0.6 is 12.2 Å². The highest BCUT2D eigenvalue weighted by atomic mass is 32.1. The van der Waals surface area contributed by atoms with Gasteiger partial charge in [-0.05, 0) is 12.1 Å². The Bertz CT molecular complexity index is 468. The second-order valence-electron chi connectivity index (χ2n) is 4.12. The Morgan fingerprint density at radius 1 is 1.24 bits per heavy atom. The maximum atomic E-state index is 5.42. The molecule has 17 heavy (non-hydrogen) atoms. The Kier molecular flexibility index (Phi) is 2.62. The molecular weight excluding hydrogens is 236 g/mol. The zero-order chi connectivity index (χ0) is 11.7. The standard InChI is InChI=1S/C11H12N4OS/c17-11-14-13-10(9-1-3-12-4-2-9)15(11)5-7-16-8-6-15/h1-4H,5-8H2/p+1. The minimum atomic E-state index is 0.610. The molecule has 1 fully saturated rings. The lowest BCUT2D eigenvalue weighted by Crippen LogP contribution is -2.60. The summed E-state index contributed by atoms with van der Waals surface area (Å²) >= 11 is 5.40. The van der Waals surface area contributed by atoms with Crippen molar-refractivity contribution in [1.82, 2.24) is 10.4 Å². The van der Waals surface area contributed by atoms with E-state index in [2.05, 4.69) is 15.5 Å². The van der Waals surface area contributed by atoms with Crippen molar-refractivity contribution in [1.29, 1.82) is 0 Å². The van der Waals surface area contributed by atoms with Crippen LogP contribution in [-0.2, 0) is 4.74 Å². The highest BCUT2D eigenvalue weighted by Crippen LogP contribution is 2.22. The van der Waals surface area contributed by atoms with E-state index in [1.54, 1.807) is 12.4 Å². The van der Waals surface area contributed by atoms with Crippen LogP contribution in [0.15, 0.2) is 29.6 Å². The predicted octanol–water partition coefficient (Wildman–Crippen LogP) is 0.478. The molecule has 0 saturated carbocycles. The molecule has 0 aromatic carbocycles. The number of aromatic nitrogens is 1. The zero-order valence-electron chi connectivity index (χ0n) is 9.30. The Morgan fingerprint density at radius 2 is 1.94 bits per heavy atom. The zero-order valence-corrected chi connectivity index (χ0v) is 10.1. The molecule has 0 aliphatic carbocycles. The fraction of sp³-hybridized carbons (Fsp3) is 0.364. The van der Waals surface area contributed by atoms with E-state index in [9.17, 15) is 0 Å². The molecule has 2 aliphatic rings. The number of pyridine rings is 1. The van der Waals surface area contributed by atoms with Gasteiger partial charge >= 0.3 is 0 Å². The lowest BCUT2D eigenvalue weighted by molar-refractivity contribution is -0.755. The second kappa shape index (κ2) is 4.14. The lowest BCUT2D eigenvalue weighted by Gasteiger charge is -2.35. The van der Waals surface area contributed by atoms with Crippen molar-refractivity contribution in [3.63, 3.8) is 0 Å². The van der Waals surface area contributed by atoms with Crippen LogP contribution < -0.4 is 5.43 Å². The van der Waals surface area contributed by atoms with Gasteiger partial charge < -0.3 is 4.74 Å². The number of hydrazone groups is 1. The van der Waals surface area contributed by atoms with Gasteiger partial charge in [-0.2, -0.15) is 0 Å². The van der Waals surface area contributed by atoms with Crippen LogP contribution in [0.3, 0.4) is 0 Å². The third kappa shape index (κ3) is 1.65.